The van der Waals surface area contributed by atoms with E-state index in [1.165, 1.54) is 18.1 Å². The monoisotopic (exact) mass is 281 g/mol. The zero-order chi connectivity index (χ0) is 11.5. The van der Waals surface area contributed by atoms with Gasteiger partial charge in [-0.05, 0) is 28.1 Å². The van der Waals surface area contributed by atoms with Crippen LogP contribution in [-0.4, -0.2) is 28.1 Å². The van der Waals surface area contributed by atoms with E-state index in [9.17, 15) is 4.79 Å². The number of rotatable bonds is 2. The first-order valence-electron chi connectivity index (χ1n) is 4.48. The van der Waals surface area contributed by atoms with Crippen molar-refractivity contribution in [1.29, 1.82) is 0 Å². The maximum atomic E-state index is 11.2. The summed E-state index contributed by atoms with van der Waals surface area (Å²) in [6.07, 6.45) is 1.37. The Labute approximate surface area is 100 Å². The summed E-state index contributed by atoms with van der Waals surface area (Å²) in [6.45, 7) is 0. The molecule has 0 aliphatic heterocycles. The summed E-state index contributed by atoms with van der Waals surface area (Å²) in [7, 11) is 1.31. The fraction of sp³-hybridized carbons (Fsp3) is 0.100. The lowest BCUT2D eigenvalue weighted by Gasteiger charge is -2.01. The number of carbonyl (C=O) groups excluding carboxylic acids is 1. The smallest absolute Gasteiger partial charge is 0.360 e. The van der Waals surface area contributed by atoms with Gasteiger partial charge in [-0.1, -0.05) is 12.1 Å². The van der Waals surface area contributed by atoms with Crippen LogP contribution in [0, 0.1) is 0 Å². The molecule has 2 rings (SSSR count). The first kappa shape index (κ1) is 10.8. The molecular weight excluding hydrogens is 274 g/mol. The van der Waals surface area contributed by atoms with Gasteiger partial charge < -0.3 is 4.74 Å². The molecule has 0 bridgehead atoms. The molecule has 0 aliphatic carbocycles. The molecule has 0 amide bonds. The average molecular weight is 282 g/mol. The molecule has 0 fully saturated rings. The zero-order valence-corrected chi connectivity index (χ0v) is 10.0. The Hall–Kier alpha value is -1.69. The predicted octanol–water partition coefficient (Wildman–Crippen LogP) is 1.82. The van der Waals surface area contributed by atoms with E-state index in [2.05, 4.69) is 30.9 Å². The van der Waals surface area contributed by atoms with Gasteiger partial charge in [0.15, 0.2) is 5.69 Å². The van der Waals surface area contributed by atoms with Crippen LogP contribution in [0.25, 0.3) is 5.69 Å². The van der Waals surface area contributed by atoms with E-state index in [0.717, 1.165) is 10.2 Å². The third kappa shape index (κ3) is 1.96. The van der Waals surface area contributed by atoms with Gasteiger partial charge in [0.1, 0.15) is 0 Å². The molecule has 0 saturated heterocycles. The largest absolute Gasteiger partial charge is 0.464 e. The molecular formula is C10H8BrN3O2. The van der Waals surface area contributed by atoms with Gasteiger partial charge in [0.25, 0.3) is 0 Å². The number of carbonyl (C=O) groups is 1. The van der Waals surface area contributed by atoms with Crippen LogP contribution < -0.4 is 0 Å². The molecule has 1 aromatic heterocycles. The second-order valence-corrected chi connectivity index (χ2v) is 3.82. The number of ether oxygens (including phenoxy) is 1. The fourth-order valence-electron chi connectivity index (χ4n) is 1.19. The number of hydrogen-bond donors (Lipinski definition) is 0. The molecule has 1 aromatic carbocycles. The van der Waals surface area contributed by atoms with E-state index in [-0.39, 0.29) is 5.69 Å². The molecule has 5 nitrogen and oxygen atoms in total. The summed E-state index contributed by atoms with van der Waals surface area (Å²) in [6, 6.07) is 7.46. The average Bonchev–Trinajstić information content (AvgIpc) is 2.78. The molecule has 0 saturated carbocycles. The number of esters is 1. The Bertz CT molecular complexity index is 524. The Morgan fingerprint density at radius 1 is 1.44 bits per heavy atom. The summed E-state index contributed by atoms with van der Waals surface area (Å²) in [4.78, 5) is 12.6. The van der Waals surface area contributed by atoms with Crippen LogP contribution in [0.2, 0.25) is 0 Å². The van der Waals surface area contributed by atoms with Gasteiger partial charge in [-0.2, -0.15) is 5.10 Å². The minimum Gasteiger partial charge on any atom is -0.464 e. The van der Waals surface area contributed by atoms with E-state index < -0.39 is 5.97 Å². The lowest BCUT2D eigenvalue weighted by atomic mass is 10.3. The predicted molar refractivity (Wildman–Crippen MR) is 60.4 cm³/mol. The van der Waals surface area contributed by atoms with Crippen LogP contribution in [-0.2, 0) is 4.74 Å². The molecule has 0 unspecified atom stereocenters. The van der Waals surface area contributed by atoms with Gasteiger partial charge >= 0.3 is 5.97 Å². The van der Waals surface area contributed by atoms with Crippen LogP contribution >= 0.6 is 15.9 Å². The molecule has 6 heteroatoms. The molecule has 82 valence electrons. The SMILES string of the molecule is COC(=O)c1cnn(-c2ccccc2Br)n1. The summed E-state index contributed by atoms with van der Waals surface area (Å²) in [5.41, 5.74) is 0.941. The molecule has 2 aromatic rings. The second kappa shape index (κ2) is 4.44. The van der Waals surface area contributed by atoms with E-state index >= 15 is 0 Å². The van der Waals surface area contributed by atoms with E-state index in [1.54, 1.807) is 0 Å². The molecule has 1 heterocycles. The fourth-order valence-corrected chi connectivity index (χ4v) is 1.63. The first-order chi connectivity index (χ1) is 7.72. The van der Waals surface area contributed by atoms with E-state index in [4.69, 9.17) is 0 Å². The molecule has 0 radical (unpaired) electrons. The van der Waals surface area contributed by atoms with Crippen LogP contribution in [0.4, 0.5) is 0 Å². The molecule has 0 atom stereocenters. The van der Waals surface area contributed by atoms with Crippen molar-refractivity contribution in [1.82, 2.24) is 15.0 Å². The molecule has 16 heavy (non-hydrogen) atoms. The van der Waals surface area contributed by atoms with Crippen molar-refractivity contribution >= 4 is 21.9 Å². The zero-order valence-electron chi connectivity index (χ0n) is 8.42. The van der Waals surface area contributed by atoms with Crippen molar-refractivity contribution in [3.8, 4) is 5.69 Å². The molecule has 0 aliphatic rings. The van der Waals surface area contributed by atoms with E-state index in [0.29, 0.717) is 0 Å². The van der Waals surface area contributed by atoms with Crippen LogP contribution in [0.1, 0.15) is 10.5 Å². The van der Waals surface area contributed by atoms with Crippen molar-refractivity contribution < 1.29 is 9.53 Å². The van der Waals surface area contributed by atoms with Gasteiger partial charge in [0.05, 0.1) is 19.0 Å². The van der Waals surface area contributed by atoms with Crippen molar-refractivity contribution in [3.05, 3.63) is 40.6 Å². The topological polar surface area (TPSA) is 57.0 Å². The quantitative estimate of drug-likeness (QED) is 0.788. The highest BCUT2D eigenvalue weighted by Crippen LogP contribution is 2.18. The normalized spacial score (nSPS) is 10.1. The maximum Gasteiger partial charge on any atom is 0.360 e. The number of benzene rings is 1. The number of halogens is 1. The first-order valence-corrected chi connectivity index (χ1v) is 5.27. The van der Waals surface area contributed by atoms with Crippen LogP contribution in [0.3, 0.4) is 0 Å². The lowest BCUT2D eigenvalue weighted by Crippen LogP contribution is -2.04. The highest BCUT2D eigenvalue weighted by molar-refractivity contribution is 9.10. The highest BCUT2D eigenvalue weighted by atomic mass is 79.9. The number of para-hydroxylation sites is 1. The summed E-state index contributed by atoms with van der Waals surface area (Å²) in [5.74, 6) is -0.502. The van der Waals surface area contributed by atoms with Crippen molar-refractivity contribution in [2.45, 2.75) is 0 Å². The number of hydrogen-bond acceptors (Lipinski definition) is 4. The number of methoxy groups -OCH3 is 1. The highest BCUT2D eigenvalue weighted by Gasteiger charge is 2.12. The summed E-state index contributed by atoms with van der Waals surface area (Å²) < 4.78 is 5.40. The molecule has 0 N–H and O–H groups in total. The van der Waals surface area contributed by atoms with Crippen LogP contribution in [0.5, 0.6) is 0 Å². The Balaban J connectivity index is 2.39. The Kier molecular flexibility index (Phi) is 3.00. The second-order valence-electron chi connectivity index (χ2n) is 2.96. The third-order valence-corrected chi connectivity index (χ3v) is 2.62. The summed E-state index contributed by atoms with van der Waals surface area (Å²) in [5, 5.41) is 8.00. The van der Waals surface area contributed by atoms with Crippen molar-refractivity contribution in [2.75, 3.05) is 7.11 Å². The Morgan fingerprint density at radius 2 is 2.19 bits per heavy atom. The Morgan fingerprint density at radius 3 is 2.88 bits per heavy atom. The lowest BCUT2D eigenvalue weighted by molar-refractivity contribution is 0.0593. The van der Waals surface area contributed by atoms with Crippen LogP contribution in [0.15, 0.2) is 34.9 Å². The number of nitrogens with zero attached hydrogens (tertiary/aromatic N) is 3. The van der Waals surface area contributed by atoms with E-state index in [1.807, 2.05) is 24.3 Å². The van der Waals surface area contributed by atoms with Gasteiger partial charge in [0, 0.05) is 4.47 Å². The standard InChI is InChI=1S/C10H8BrN3O2/c1-16-10(15)8-6-12-14(13-8)9-5-3-2-4-7(9)11/h2-6H,1H3. The number of aromatic nitrogens is 3. The third-order valence-electron chi connectivity index (χ3n) is 1.95. The van der Waals surface area contributed by atoms with Gasteiger partial charge in [-0.25, -0.2) is 4.79 Å². The maximum absolute atomic E-state index is 11.2. The minimum atomic E-state index is -0.502. The van der Waals surface area contributed by atoms with Gasteiger partial charge in [-0.15, -0.1) is 9.90 Å². The molecule has 0 spiro atoms. The van der Waals surface area contributed by atoms with Crippen molar-refractivity contribution in [3.63, 3.8) is 0 Å². The minimum absolute atomic E-state index is 0.179. The summed E-state index contributed by atoms with van der Waals surface area (Å²) >= 11 is 3.38. The van der Waals surface area contributed by atoms with Gasteiger partial charge in [-0.3, -0.25) is 0 Å². The van der Waals surface area contributed by atoms with Crippen molar-refractivity contribution in [2.24, 2.45) is 0 Å². The van der Waals surface area contributed by atoms with Gasteiger partial charge in [0.2, 0.25) is 0 Å².